The first-order valence-corrected chi connectivity index (χ1v) is 5.24. The standard InChI is InChI=1S/2C3H7.4C2H5.H2O.2Ti/c2*1-3-2;4*1-2;;;/h2*1,3H2,2H3;4*1H2,2H3;1H2;;/q6*-1;;2*+3. The van der Waals surface area contributed by atoms with Crippen LogP contribution in [0.25, 0.3) is 0 Å². The molecule has 0 unspecified atom stereocenters. The van der Waals surface area contributed by atoms with Crippen LogP contribution < -0.4 is 0 Å². The molecule has 0 fully saturated rings. The molecule has 2 N–H and O–H groups in total. The Balaban J connectivity index is -0.00000000631. The number of rotatable bonds is 0. The maximum Gasteiger partial charge on any atom is 3.00 e. The van der Waals surface area contributed by atoms with Crippen LogP contribution in [-0.4, -0.2) is 5.48 Å². The minimum absolute atomic E-state index is 0. The average molecular weight is 316 g/mol. The zero-order valence-electron chi connectivity index (χ0n) is 13.2. The van der Waals surface area contributed by atoms with Crippen molar-refractivity contribution in [2.24, 2.45) is 0 Å². The third-order valence-corrected chi connectivity index (χ3v) is 0. The molecule has 0 saturated heterocycles. The second-order valence-electron chi connectivity index (χ2n) is 1.000. The fraction of sp³-hybridized carbons (Fsp3) is 0.571. The molecule has 0 saturated carbocycles. The Hall–Kier alpha value is 1.39. The Morgan fingerprint density at radius 2 is 0.529 bits per heavy atom. The molecule has 0 aliphatic heterocycles. The molecule has 3 heteroatoms. The van der Waals surface area contributed by atoms with Crippen molar-refractivity contribution in [3.63, 3.8) is 0 Å². The summed E-state index contributed by atoms with van der Waals surface area (Å²) >= 11 is 0. The molecule has 0 amide bonds. The molecule has 0 atom stereocenters. The van der Waals surface area contributed by atoms with Gasteiger partial charge in [0, 0.05) is 0 Å². The van der Waals surface area contributed by atoms with Crippen LogP contribution in [0.15, 0.2) is 0 Å². The van der Waals surface area contributed by atoms with E-state index >= 15 is 0 Å². The van der Waals surface area contributed by atoms with Crippen molar-refractivity contribution >= 4 is 0 Å². The summed E-state index contributed by atoms with van der Waals surface area (Å²) in [5.74, 6) is 0. The molecule has 0 aromatic heterocycles. The van der Waals surface area contributed by atoms with Crippen molar-refractivity contribution < 1.29 is 48.9 Å². The Kier molecular flexibility index (Phi) is 1510. The molecule has 0 heterocycles. The van der Waals surface area contributed by atoms with Crippen LogP contribution in [0.4, 0.5) is 0 Å². The molecule has 2 radical (unpaired) electrons. The molecule has 0 bridgehead atoms. The zero-order chi connectivity index (χ0) is 13.4. The molecule has 0 aliphatic rings. The second kappa shape index (κ2) is 407. The molecular weight excluding hydrogens is 280 g/mol. The van der Waals surface area contributed by atoms with Crippen molar-refractivity contribution in [2.45, 2.75) is 54.4 Å². The van der Waals surface area contributed by atoms with Crippen molar-refractivity contribution in [3.05, 3.63) is 41.5 Å². The summed E-state index contributed by atoms with van der Waals surface area (Å²) in [7, 11) is 0. The Morgan fingerprint density at radius 3 is 0.529 bits per heavy atom. The minimum Gasteiger partial charge on any atom is -0.412 e. The van der Waals surface area contributed by atoms with Gasteiger partial charge in [0.1, 0.15) is 0 Å². The first kappa shape index (κ1) is 63.1. The van der Waals surface area contributed by atoms with Crippen molar-refractivity contribution in [1.82, 2.24) is 0 Å². The van der Waals surface area contributed by atoms with E-state index in [2.05, 4.69) is 41.5 Å². The Bertz CT molecular complexity index is 16.2. The maximum absolute atomic E-state index is 3.49. The summed E-state index contributed by atoms with van der Waals surface area (Å²) in [4.78, 5) is 0. The van der Waals surface area contributed by atoms with Gasteiger partial charge in [-0.3, -0.25) is 0 Å². The summed E-state index contributed by atoms with van der Waals surface area (Å²) in [5.41, 5.74) is 0. The molecular formula is C14H36OTi2. The quantitative estimate of drug-likeness (QED) is 0.445. The van der Waals surface area contributed by atoms with E-state index in [1.54, 1.807) is 27.7 Å². The van der Waals surface area contributed by atoms with Gasteiger partial charge in [-0.2, -0.15) is 40.5 Å². The molecule has 0 aromatic rings. The van der Waals surface area contributed by atoms with Crippen LogP contribution in [0.3, 0.4) is 0 Å². The number of hydrogen-bond donors (Lipinski definition) is 0. The molecule has 0 aliphatic carbocycles. The summed E-state index contributed by atoms with van der Waals surface area (Å²) in [5, 5.41) is 0. The topological polar surface area (TPSA) is 31.5 Å². The summed E-state index contributed by atoms with van der Waals surface area (Å²) < 4.78 is 0. The van der Waals surface area contributed by atoms with E-state index < -0.39 is 0 Å². The van der Waals surface area contributed by atoms with Crippen LogP contribution >= 0.6 is 0 Å². The fourth-order valence-electron chi connectivity index (χ4n) is 0. The molecule has 17 heavy (non-hydrogen) atoms. The van der Waals surface area contributed by atoms with E-state index in [9.17, 15) is 0 Å². The predicted molar refractivity (Wildman–Crippen MR) is 79.0 cm³/mol. The molecule has 0 spiro atoms. The van der Waals surface area contributed by atoms with E-state index in [0.29, 0.717) is 0 Å². The SMILES string of the molecule is O.[CH2-]C.[CH2-]C.[CH2-]C.[CH2-]C.[CH2-]CC.[CH2-]CC.[Ti+3].[Ti+3]. The van der Waals surface area contributed by atoms with Crippen LogP contribution in [0.2, 0.25) is 0 Å². The van der Waals surface area contributed by atoms with Gasteiger partial charge in [-0.1, -0.05) is 13.8 Å². The molecule has 0 aromatic carbocycles. The smallest absolute Gasteiger partial charge is 0.412 e. The molecule has 106 valence electrons. The normalized spacial score (nSPS) is 3.53. The predicted octanol–water partition coefficient (Wildman–Crippen LogP) is 4.99. The summed E-state index contributed by atoms with van der Waals surface area (Å²) in [6.07, 6.45) is 2.00. The Morgan fingerprint density at radius 1 is 0.529 bits per heavy atom. The van der Waals surface area contributed by atoms with E-state index in [1.165, 1.54) is 0 Å². The minimum atomic E-state index is 0. The van der Waals surface area contributed by atoms with Gasteiger partial charge in [0.25, 0.3) is 0 Å². The first-order valence-electron chi connectivity index (χ1n) is 5.24. The summed E-state index contributed by atoms with van der Waals surface area (Å²) in [6.45, 7) is 31.0. The molecule has 0 rings (SSSR count). The van der Waals surface area contributed by atoms with E-state index in [0.717, 1.165) is 12.8 Å². The monoisotopic (exact) mass is 316 g/mol. The average Bonchev–Trinajstić information content (AvgIpc) is 2.31. The van der Waals surface area contributed by atoms with Gasteiger partial charge >= 0.3 is 43.4 Å². The van der Waals surface area contributed by atoms with E-state index in [1.807, 2.05) is 13.8 Å². The van der Waals surface area contributed by atoms with Crippen molar-refractivity contribution in [1.29, 1.82) is 0 Å². The van der Waals surface area contributed by atoms with E-state index in [-0.39, 0.29) is 48.9 Å². The van der Waals surface area contributed by atoms with Crippen LogP contribution in [0.5, 0.6) is 0 Å². The van der Waals surface area contributed by atoms with Gasteiger partial charge in [-0.15, -0.1) is 0 Å². The van der Waals surface area contributed by atoms with Crippen molar-refractivity contribution in [3.8, 4) is 0 Å². The molecule has 1 nitrogen and oxygen atoms in total. The van der Waals surface area contributed by atoms with Gasteiger partial charge < -0.3 is 47.0 Å². The van der Waals surface area contributed by atoms with Gasteiger partial charge in [0.15, 0.2) is 0 Å². The van der Waals surface area contributed by atoms with Crippen LogP contribution in [0, 0.1) is 41.5 Å². The van der Waals surface area contributed by atoms with Gasteiger partial charge in [-0.25, -0.2) is 0 Å². The number of hydrogen-bond acceptors (Lipinski definition) is 0. The largest absolute Gasteiger partial charge is 3.00 e. The zero-order valence-corrected chi connectivity index (χ0v) is 16.3. The van der Waals surface area contributed by atoms with Crippen LogP contribution in [0.1, 0.15) is 54.4 Å². The van der Waals surface area contributed by atoms with Gasteiger partial charge in [-0.05, 0) is 0 Å². The second-order valence-corrected chi connectivity index (χ2v) is 1.000. The maximum atomic E-state index is 3.49. The summed E-state index contributed by atoms with van der Waals surface area (Å²) in [6, 6.07) is 0. The van der Waals surface area contributed by atoms with Gasteiger partial charge in [0.2, 0.25) is 0 Å². The first-order chi connectivity index (χ1) is 6.83. The van der Waals surface area contributed by atoms with Crippen LogP contribution in [-0.2, 0) is 43.4 Å². The van der Waals surface area contributed by atoms with Gasteiger partial charge in [0.05, 0.1) is 0 Å². The fourth-order valence-corrected chi connectivity index (χ4v) is 0. The van der Waals surface area contributed by atoms with Crippen molar-refractivity contribution in [2.75, 3.05) is 0 Å². The third-order valence-electron chi connectivity index (χ3n) is 0. The Labute approximate surface area is 144 Å². The third kappa shape index (κ3) is 2140. The van der Waals surface area contributed by atoms with E-state index in [4.69, 9.17) is 0 Å².